The van der Waals surface area contributed by atoms with Crippen LogP contribution in [0.1, 0.15) is 19.8 Å². The van der Waals surface area contributed by atoms with Crippen LogP contribution in [0.2, 0.25) is 0 Å². The highest BCUT2D eigenvalue weighted by Gasteiger charge is 2.25. The second-order valence-corrected chi connectivity index (χ2v) is 2.99. The van der Waals surface area contributed by atoms with E-state index in [0.29, 0.717) is 0 Å². The zero-order valence-electron chi connectivity index (χ0n) is 8.20. The topological polar surface area (TPSA) is 63.6 Å². The number of ether oxygens (including phenoxy) is 1. The molecule has 6 heteroatoms. The van der Waals surface area contributed by atoms with Crippen LogP contribution in [0.15, 0.2) is 12.2 Å². The summed E-state index contributed by atoms with van der Waals surface area (Å²) in [5, 5.41) is 8.28. The lowest BCUT2D eigenvalue weighted by molar-refractivity contribution is -0.155. The highest BCUT2D eigenvalue weighted by molar-refractivity contribution is 5.87. The molecular formula is C9H12F2O4. The number of aliphatic carboxylic acids is 1. The van der Waals surface area contributed by atoms with Gasteiger partial charge in [-0.25, -0.2) is 13.6 Å². The van der Waals surface area contributed by atoms with Gasteiger partial charge in [0.25, 0.3) is 6.43 Å². The molecule has 1 atom stereocenters. The summed E-state index contributed by atoms with van der Waals surface area (Å²) in [6.07, 6.45) is -5.47. The van der Waals surface area contributed by atoms with Crippen molar-refractivity contribution < 1.29 is 28.2 Å². The molecule has 86 valence electrons. The summed E-state index contributed by atoms with van der Waals surface area (Å²) in [5.41, 5.74) is -0.00373. The van der Waals surface area contributed by atoms with Gasteiger partial charge in [-0.15, -0.1) is 0 Å². The van der Waals surface area contributed by atoms with Gasteiger partial charge in [-0.3, -0.25) is 4.79 Å². The number of carboxylic acid groups (broad SMARTS) is 1. The third kappa shape index (κ3) is 5.77. The number of carboxylic acids is 1. The fourth-order valence-corrected chi connectivity index (χ4v) is 0.740. The van der Waals surface area contributed by atoms with Crippen molar-refractivity contribution in [3.05, 3.63) is 12.2 Å². The first-order valence-electron chi connectivity index (χ1n) is 4.21. The quantitative estimate of drug-likeness (QED) is 0.547. The van der Waals surface area contributed by atoms with Crippen molar-refractivity contribution in [3.8, 4) is 0 Å². The van der Waals surface area contributed by atoms with E-state index in [1.54, 1.807) is 0 Å². The molecule has 0 aliphatic carbocycles. The minimum atomic E-state index is -2.90. The highest BCUT2D eigenvalue weighted by Crippen LogP contribution is 2.13. The van der Waals surface area contributed by atoms with E-state index < -0.39 is 37.3 Å². The van der Waals surface area contributed by atoms with Gasteiger partial charge in [0, 0.05) is 18.4 Å². The largest absolute Gasteiger partial charge is 0.481 e. The summed E-state index contributed by atoms with van der Waals surface area (Å²) in [4.78, 5) is 21.0. The Morgan fingerprint density at radius 1 is 1.47 bits per heavy atom. The third-order valence-corrected chi connectivity index (χ3v) is 1.53. The summed E-state index contributed by atoms with van der Waals surface area (Å²) in [5.74, 6) is -2.15. The molecule has 0 heterocycles. The normalized spacial score (nSPS) is 12.3. The van der Waals surface area contributed by atoms with Gasteiger partial charge in [-0.2, -0.15) is 0 Å². The molecule has 0 spiro atoms. The standard InChI is InChI=1S/C9H12F2O4/c1-5(2)9(14)15-6(8(10)11)3-4-7(12)13/h6,8H,1,3-4H2,2H3,(H,12,13). The molecule has 0 aliphatic rings. The van der Waals surface area contributed by atoms with Gasteiger partial charge in [0.15, 0.2) is 6.10 Å². The summed E-state index contributed by atoms with van der Waals surface area (Å²) in [7, 11) is 0. The van der Waals surface area contributed by atoms with Crippen LogP contribution in [0, 0.1) is 0 Å². The lowest BCUT2D eigenvalue weighted by Gasteiger charge is -2.15. The predicted molar refractivity (Wildman–Crippen MR) is 47.6 cm³/mol. The number of hydrogen-bond donors (Lipinski definition) is 1. The van der Waals surface area contributed by atoms with E-state index in [2.05, 4.69) is 11.3 Å². The smallest absolute Gasteiger partial charge is 0.333 e. The Morgan fingerprint density at radius 2 is 2.00 bits per heavy atom. The van der Waals surface area contributed by atoms with Gasteiger partial charge in [-0.05, 0) is 6.92 Å². The first-order chi connectivity index (χ1) is 6.84. The molecule has 0 aromatic rings. The maximum absolute atomic E-state index is 12.3. The van der Waals surface area contributed by atoms with E-state index in [1.165, 1.54) is 6.92 Å². The average Bonchev–Trinajstić information content (AvgIpc) is 2.10. The molecule has 0 saturated heterocycles. The first kappa shape index (κ1) is 13.5. The summed E-state index contributed by atoms with van der Waals surface area (Å²) in [6.45, 7) is 4.55. The van der Waals surface area contributed by atoms with Crippen LogP contribution < -0.4 is 0 Å². The monoisotopic (exact) mass is 222 g/mol. The van der Waals surface area contributed by atoms with Crippen molar-refractivity contribution in [1.29, 1.82) is 0 Å². The number of hydrogen-bond acceptors (Lipinski definition) is 3. The van der Waals surface area contributed by atoms with Gasteiger partial charge >= 0.3 is 11.9 Å². The van der Waals surface area contributed by atoms with Crippen LogP contribution in [0.25, 0.3) is 0 Å². The van der Waals surface area contributed by atoms with Crippen molar-refractivity contribution in [2.24, 2.45) is 0 Å². The number of carbonyl (C=O) groups excluding carboxylic acids is 1. The predicted octanol–water partition coefficient (Wildman–Crippen LogP) is 1.60. The SMILES string of the molecule is C=C(C)C(=O)OC(CCC(=O)O)C(F)F. The molecule has 0 rings (SSSR count). The van der Waals surface area contributed by atoms with Crippen molar-refractivity contribution >= 4 is 11.9 Å². The van der Waals surface area contributed by atoms with Crippen molar-refractivity contribution in [1.82, 2.24) is 0 Å². The van der Waals surface area contributed by atoms with Crippen LogP contribution in [-0.2, 0) is 14.3 Å². The maximum atomic E-state index is 12.3. The Kier molecular flexibility index (Phi) is 5.51. The fraction of sp³-hybridized carbons (Fsp3) is 0.556. The second kappa shape index (κ2) is 6.10. The number of esters is 1. The second-order valence-electron chi connectivity index (χ2n) is 2.99. The van der Waals surface area contributed by atoms with Crippen LogP contribution in [-0.4, -0.2) is 29.6 Å². The van der Waals surface area contributed by atoms with Gasteiger partial charge < -0.3 is 9.84 Å². The van der Waals surface area contributed by atoms with E-state index in [1.807, 2.05) is 0 Å². The summed E-state index contributed by atoms with van der Waals surface area (Å²) in [6, 6.07) is 0. The molecule has 0 aromatic heterocycles. The zero-order chi connectivity index (χ0) is 12.0. The number of carbonyl (C=O) groups is 2. The van der Waals surface area contributed by atoms with E-state index in [0.717, 1.165) is 0 Å². The minimum Gasteiger partial charge on any atom is -0.481 e. The van der Waals surface area contributed by atoms with Gasteiger partial charge in [0.2, 0.25) is 0 Å². The molecule has 0 fully saturated rings. The molecule has 1 N–H and O–H groups in total. The molecule has 0 amide bonds. The van der Waals surface area contributed by atoms with E-state index >= 15 is 0 Å². The Morgan fingerprint density at radius 3 is 2.33 bits per heavy atom. The van der Waals surface area contributed by atoms with Gasteiger partial charge in [0.05, 0.1) is 0 Å². The number of halogens is 2. The Labute approximate surface area is 85.5 Å². The molecule has 1 unspecified atom stereocenters. The summed E-state index contributed by atoms with van der Waals surface area (Å²) < 4.78 is 28.9. The number of rotatable bonds is 6. The Hall–Kier alpha value is -1.46. The van der Waals surface area contributed by atoms with E-state index in [9.17, 15) is 18.4 Å². The molecule has 15 heavy (non-hydrogen) atoms. The van der Waals surface area contributed by atoms with Crippen LogP contribution in [0.4, 0.5) is 8.78 Å². The molecular weight excluding hydrogens is 210 g/mol. The van der Waals surface area contributed by atoms with Crippen molar-refractivity contribution in [3.63, 3.8) is 0 Å². The van der Waals surface area contributed by atoms with Gasteiger partial charge in [0.1, 0.15) is 0 Å². The molecule has 0 saturated carbocycles. The highest BCUT2D eigenvalue weighted by atomic mass is 19.3. The van der Waals surface area contributed by atoms with Crippen molar-refractivity contribution in [2.45, 2.75) is 32.3 Å². The van der Waals surface area contributed by atoms with Gasteiger partial charge in [-0.1, -0.05) is 6.58 Å². The van der Waals surface area contributed by atoms with Crippen LogP contribution in [0.3, 0.4) is 0 Å². The molecule has 0 aliphatic heterocycles. The Bertz CT molecular complexity index is 263. The van der Waals surface area contributed by atoms with Crippen molar-refractivity contribution in [2.75, 3.05) is 0 Å². The fourth-order valence-electron chi connectivity index (χ4n) is 0.740. The molecule has 0 aromatic carbocycles. The maximum Gasteiger partial charge on any atom is 0.333 e. The first-order valence-corrected chi connectivity index (χ1v) is 4.21. The lowest BCUT2D eigenvalue weighted by Crippen LogP contribution is -2.26. The molecule has 4 nitrogen and oxygen atoms in total. The average molecular weight is 222 g/mol. The van der Waals surface area contributed by atoms with E-state index in [4.69, 9.17) is 5.11 Å². The third-order valence-electron chi connectivity index (χ3n) is 1.53. The summed E-state index contributed by atoms with van der Waals surface area (Å²) >= 11 is 0. The number of alkyl halides is 2. The minimum absolute atomic E-state index is 0.00373. The molecule has 0 radical (unpaired) electrons. The molecule has 0 bridgehead atoms. The lowest BCUT2D eigenvalue weighted by atomic mass is 10.2. The Balaban J connectivity index is 4.22. The van der Waals surface area contributed by atoms with E-state index in [-0.39, 0.29) is 5.57 Å². The van der Waals surface area contributed by atoms with Crippen LogP contribution >= 0.6 is 0 Å². The zero-order valence-corrected chi connectivity index (χ0v) is 8.20. The van der Waals surface area contributed by atoms with Crippen LogP contribution in [0.5, 0.6) is 0 Å².